The van der Waals surface area contributed by atoms with Crippen LogP contribution < -0.4 is 10.1 Å². The van der Waals surface area contributed by atoms with E-state index in [0.29, 0.717) is 24.5 Å². The molecule has 0 atom stereocenters. The van der Waals surface area contributed by atoms with E-state index in [0.717, 1.165) is 73.2 Å². The minimum atomic E-state index is -0.438. The highest BCUT2D eigenvalue weighted by Crippen LogP contribution is 2.39. The van der Waals surface area contributed by atoms with E-state index in [9.17, 15) is 5.26 Å². The van der Waals surface area contributed by atoms with Gasteiger partial charge in [0.05, 0.1) is 24.5 Å². The maximum Gasteiger partial charge on any atom is 0.172 e. The fourth-order valence-corrected chi connectivity index (χ4v) is 5.11. The number of H-pyrrole nitrogens is 1. The largest absolute Gasteiger partial charge is 0.489 e. The number of fused-ring (bicyclic) bond motifs is 1. The molecule has 2 aromatic heterocycles. The second-order valence-corrected chi connectivity index (χ2v) is 9.10. The van der Waals surface area contributed by atoms with E-state index < -0.39 is 5.79 Å². The first kappa shape index (κ1) is 21.3. The summed E-state index contributed by atoms with van der Waals surface area (Å²) < 4.78 is 17.8. The van der Waals surface area contributed by atoms with Gasteiger partial charge in [-0.05, 0) is 62.2 Å². The van der Waals surface area contributed by atoms with Gasteiger partial charge in [-0.2, -0.15) is 5.26 Å². The molecule has 2 saturated heterocycles. The summed E-state index contributed by atoms with van der Waals surface area (Å²) in [6, 6.07) is 10.1. The highest BCUT2D eigenvalue weighted by atomic mass is 16.7. The van der Waals surface area contributed by atoms with Crippen molar-refractivity contribution in [1.29, 1.82) is 5.26 Å². The Morgan fingerprint density at radius 3 is 2.74 bits per heavy atom. The Hall–Kier alpha value is -3.25. The monoisotopic (exact) mass is 457 g/mol. The van der Waals surface area contributed by atoms with Crippen molar-refractivity contribution in [2.45, 2.75) is 44.0 Å². The number of nitrogens with one attached hydrogen (secondary N) is 2. The second-order valence-electron chi connectivity index (χ2n) is 9.10. The molecule has 34 heavy (non-hydrogen) atoms. The van der Waals surface area contributed by atoms with Gasteiger partial charge in [0.1, 0.15) is 29.9 Å². The molecule has 8 heteroatoms. The van der Waals surface area contributed by atoms with Crippen LogP contribution >= 0.6 is 0 Å². The Labute approximate surface area is 198 Å². The van der Waals surface area contributed by atoms with E-state index in [1.54, 1.807) is 6.33 Å². The van der Waals surface area contributed by atoms with Gasteiger partial charge < -0.3 is 24.5 Å². The van der Waals surface area contributed by atoms with Crippen molar-refractivity contribution in [3.05, 3.63) is 47.9 Å². The predicted octanol–water partition coefficient (Wildman–Crippen LogP) is 3.94. The lowest BCUT2D eigenvalue weighted by Gasteiger charge is -2.30. The summed E-state index contributed by atoms with van der Waals surface area (Å²) in [5.74, 6) is 0.197. The standard InChI is InChI=1S/C26H27N5O3/c27-15-19-13-18(1-2-23(19)34-20-5-9-28-10-6-20)24-21-14-22(31-25(21)30-16-29-24)17-3-7-26(8-4-17)32-11-12-33-26/h1-3,13-14,16,20,28H,4-12H2,(H,29,30,31). The lowest BCUT2D eigenvalue weighted by Crippen LogP contribution is -2.34. The number of nitriles is 1. The Bertz CT molecular complexity index is 1280. The average molecular weight is 458 g/mol. The first-order valence-electron chi connectivity index (χ1n) is 12.0. The van der Waals surface area contributed by atoms with E-state index in [-0.39, 0.29) is 6.10 Å². The highest BCUT2D eigenvalue weighted by Gasteiger charge is 2.37. The van der Waals surface area contributed by atoms with Crippen molar-refractivity contribution < 1.29 is 14.2 Å². The van der Waals surface area contributed by atoms with Gasteiger partial charge in [0.2, 0.25) is 0 Å². The maximum absolute atomic E-state index is 9.79. The summed E-state index contributed by atoms with van der Waals surface area (Å²) in [5.41, 5.74) is 5.25. The number of aromatic amines is 1. The van der Waals surface area contributed by atoms with Crippen LogP contribution in [0.4, 0.5) is 0 Å². The molecule has 8 nitrogen and oxygen atoms in total. The number of allylic oxidation sites excluding steroid dienone is 1. The molecule has 0 saturated carbocycles. The first-order valence-corrected chi connectivity index (χ1v) is 12.0. The van der Waals surface area contributed by atoms with Gasteiger partial charge in [-0.3, -0.25) is 0 Å². The summed E-state index contributed by atoms with van der Waals surface area (Å²) in [4.78, 5) is 12.5. The molecule has 2 fully saturated rings. The van der Waals surface area contributed by atoms with Crippen LogP contribution in [-0.4, -0.2) is 53.1 Å². The molecule has 174 valence electrons. The van der Waals surface area contributed by atoms with Crippen LogP contribution in [-0.2, 0) is 9.47 Å². The van der Waals surface area contributed by atoms with E-state index in [4.69, 9.17) is 14.2 Å². The van der Waals surface area contributed by atoms with Crippen LogP contribution in [0.2, 0.25) is 0 Å². The van der Waals surface area contributed by atoms with Gasteiger partial charge in [0, 0.05) is 29.5 Å². The van der Waals surface area contributed by atoms with Crippen molar-refractivity contribution in [2.24, 2.45) is 0 Å². The molecular formula is C26H27N5O3. The maximum atomic E-state index is 9.79. The quantitative estimate of drug-likeness (QED) is 0.611. The van der Waals surface area contributed by atoms with Crippen LogP contribution in [0.25, 0.3) is 27.9 Å². The molecule has 1 aliphatic carbocycles. The topological polar surface area (TPSA) is 105 Å². The summed E-state index contributed by atoms with van der Waals surface area (Å²) in [5, 5.41) is 14.1. The zero-order chi connectivity index (χ0) is 23.0. The lowest BCUT2D eigenvalue weighted by atomic mass is 9.92. The van der Waals surface area contributed by atoms with Gasteiger partial charge in [-0.1, -0.05) is 6.08 Å². The van der Waals surface area contributed by atoms with Crippen molar-refractivity contribution in [2.75, 3.05) is 26.3 Å². The van der Waals surface area contributed by atoms with Crippen LogP contribution in [0, 0.1) is 11.3 Å². The van der Waals surface area contributed by atoms with E-state index in [1.165, 1.54) is 5.57 Å². The molecule has 0 unspecified atom stereocenters. The van der Waals surface area contributed by atoms with E-state index in [2.05, 4.69) is 38.5 Å². The van der Waals surface area contributed by atoms with Crippen molar-refractivity contribution in [3.63, 3.8) is 0 Å². The molecular weight excluding hydrogens is 430 g/mol. The minimum absolute atomic E-state index is 0.139. The molecule has 2 N–H and O–H groups in total. The van der Waals surface area contributed by atoms with Gasteiger partial charge in [-0.15, -0.1) is 0 Å². The smallest absolute Gasteiger partial charge is 0.172 e. The van der Waals surface area contributed by atoms with Crippen molar-refractivity contribution in [1.82, 2.24) is 20.3 Å². The molecule has 3 aromatic rings. The second kappa shape index (κ2) is 8.84. The number of benzene rings is 1. The van der Waals surface area contributed by atoms with Gasteiger partial charge in [-0.25, -0.2) is 9.97 Å². The van der Waals surface area contributed by atoms with Gasteiger partial charge in [0.25, 0.3) is 0 Å². The SMILES string of the molecule is N#Cc1cc(-c2ncnc3[nH]c(C4=CCC5(CC4)OCCO5)cc23)ccc1OC1CCNCC1. The first-order chi connectivity index (χ1) is 16.7. The van der Waals surface area contributed by atoms with Crippen LogP contribution in [0.1, 0.15) is 43.4 Å². The molecule has 2 aliphatic heterocycles. The number of hydrogen-bond acceptors (Lipinski definition) is 7. The molecule has 0 bridgehead atoms. The number of hydrogen-bond donors (Lipinski definition) is 2. The van der Waals surface area contributed by atoms with E-state index >= 15 is 0 Å². The molecule has 6 rings (SSSR count). The molecule has 3 aliphatic rings. The fourth-order valence-electron chi connectivity index (χ4n) is 5.11. The fraction of sp³-hybridized carbons (Fsp3) is 0.423. The Morgan fingerprint density at radius 1 is 1.12 bits per heavy atom. The normalized spacial score (nSPS) is 20.4. The van der Waals surface area contributed by atoms with Crippen molar-refractivity contribution in [3.8, 4) is 23.1 Å². The number of ether oxygens (including phenoxy) is 3. The summed E-state index contributed by atoms with van der Waals surface area (Å²) in [6.07, 6.45) is 8.26. The Morgan fingerprint density at radius 2 is 1.97 bits per heavy atom. The number of rotatable bonds is 4. The molecule has 0 amide bonds. The van der Waals surface area contributed by atoms with Crippen LogP contribution in [0.15, 0.2) is 36.7 Å². The number of nitrogens with zero attached hydrogens (tertiary/aromatic N) is 3. The highest BCUT2D eigenvalue weighted by molar-refractivity contribution is 5.93. The third-order valence-corrected chi connectivity index (χ3v) is 6.97. The van der Waals surface area contributed by atoms with E-state index in [1.807, 2.05) is 18.2 Å². The Kier molecular flexibility index (Phi) is 5.53. The zero-order valence-corrected chi connectivity index (χ0v) is 19.0. The average Bonchev–Trinajstić information content (AvgIpc) is 3.53. The third-order valence-electron chi connectivity index (χ3n) is 6.97. The molecule has 0 radical (unpaired) electrons. The minimum Gasteiger partial charge on any atom is -0.489 e. The summed E-state index contributed by atoms with van der Waals surface area (Å²) >= 11 is 0. The molecule has 4 heterocycles. The number of aromatic nitrogens is 3. The predicted molar refractivity (Wildman–Crippen MR) is 127 cm³/mol. The lowest BCUT2D eigenvalue weighted by molar-refractivity contribution is -0.159. The van der Waals surface area contributed by atoms with Crippen LogP contribution in [0.5, 0.6) is 5.75 Å². The summed E-state index contributed by atoms with van der Waals surface area (Å²) in [6.45, 7) is 3.22. The molecule has 1 aromatic carbocycles. The Balaban J connectivity index is 1.30. The van der Waals surface area contributed by atoms with Gasteiger partial charge in [0.15, 0.2) is 5.79 Å². The zero-order valence-electron chi connectivity index (χ0n) is 19.0. The molecule has 1 spiro atoms. The van der Waals surface area contributed by atoms with Crippen LogP contribution in [0.3, 0.4) is 0 Å². The van der Waals surface area contributed by atoms with Gasteiger partial charge >= 0.3 is 0 Å². The number of piperidine rings is 1. The third kappa shape index (κ3) is 3.96. The van der Waals surface area contributed by atoms with Crippen molar-refractivity contribution >= 4 is 16.6 Å². The summed E-state index contributed by atoms with van der Waals surface area (Å²) in [7, 11) is 0.